The van der Waals surface area contributed by atoms with Gasteiger partial charge in [0.05, 0.1) is 11.4 Å². The van der Waals surface area contributed by atoms with Crippen LogP contribution in [0.4, 0.5) is 15.8 Å². The number of carbonyl (C=O) groups excluding carboxylic acids is 3. The number of ether oxygens (including phenoxy) is 1. The fourth-order valence-electron chi connectivity index (χ4n) is 3.07. The third-order valence-electron chi connectivity index (χ3n) is 4.59. The number of nitrogens with one attached hydrogen (secondary N) is 2. The van der Waals surface area contributed by atoms with Crippen LogP contribution in [-0.4, -0.2) is 24.3 Å². The molecule has 0 aromatic heterocycles. The summed E-state index contributed by atoms with van der Waals surface area (Å²) in [7, 11) is 0. The van der Waals surface area contributed by atoms with Crippen molar-refractivity contribution < 1.29 is 23.5 Å². The quantitative estimate of drug-likeness (QED) is 0.463. The highest BCUT2D eigenvalue weighted by atomic mass is 19.1. The van der Waals surface area contributed by atoms with Gasteiger partial charge in [0, 0.05) is 0 Å². The van der Waals surface area contributed by atoms with Gasteiger partial charge in [-0.2, -0.15) is 0 Å². The summed E-state index contributed by atoms with van der Waals surface area (Å²) in [6, 6.07) is 21.2. The molecule has 1 heterocycles. The van der Waals surface area contributed by atoms with Gasteiger partial charge in [-0.1, -0.05) is 42.5 Å². The number of para-hydroxylation sites is 2. The molecule has 1 aliphatic rings. The fourth-order valence-corrected chi connectivity index (χ4v) is 3.07. The number of nitrogens with zero attached hydrogens (tertiary/aromatic N) is 1. The molecular formula is C24H18FN3O4. The summed E-state index contributed by atoms with van der Waals surface area (Å²) < 4.78 is 19.1. The molecule has 2 N–H and O–H groups in total. The molecule has 1 aliphatic heterocycles. The highest BCUT2D eigenvalue weighted by molar-refractivity contribution is 6.31. The van der Waals surface area contributed by atoms with Crippen LogP contribution in [0.2, 0.25) is 0 Å². The maximum absolute atomic E-state index is 13.6. The van der Waals surface area contributed by atoms with Crippen LogP contribution in [0.25, 0.3) is 6.08 Å². The minimum Gasteiger partial charge on any atom is -0.484 e. The molecule has 0 atom stereocenters. The van der Waals surface area contributed by atoms with Crippen molar-refractivity contribution in [2.24, 2.45) is 0 Å². The van der Waals surface area contributed by atoms with Crippen molar-refractivity contribution in [1.29, 1.82) is 0 Å². The number of carbonyl (C=O) groups is 3. The van der Waals surface area contributed by atoms with E-state index in [1.807, 2.05) is 6.07 Å². The highest BCUT2D eigenvalue weighted by Gasteiger charge is 2.34. The Bertz CT molecular complexity index is 1210. The van der Waals surface area contributed by atoms with Crippen LogP contribution >= 0.6 is 0 Å². The Kier molecular flexibility index (Phi) is 5.94. The van der Waals surface area contributed by atoms with Crippen molar-refractivity contribution in [3.05, 3.63) is 95.8 Å². The molecule has 32 heavy (non-hydrogen) atoms. The van der Waals surface area contributed by atoms with E-state index in [0.29, 0.717) is 17.0 Å². The second kappa shape index (κ2) is 9.13. The van der Waals surface area contributed by atoms with E-state index in [1.54, 1.807) is 54.6 Å². The Hall–Kier alpha value is -4.46. The van der Waals surface area contributed by atoms with Crippen LogP contribution in [0.1, 0.15) is 5.56 Å². The molecule has 0 aliphatic carbocycles. The molecule has 0 saturated carbocycles. The molecule has 1 fully saturated rings. The molecule has 0 spiro atoms. The lowest BCUT2D eigenvalue weighted by atomic mass is 10.1. The molecule has 0 unspecified atom stereocenters. The first-order valence-electron chi connectivity index (χ1n) is 9.71. The van der Waals surface area contributed by atoms with Crippen molar-refractivity contribution >= 4 is 35.2 Å². The molecule has 3 amide bonds. The smallest absolute Gasteiger partial charge is 0.282 e. The summed E-state index contributed by atoms with van der Waals surface area (Å²) in [6.45, 7) is -0.338. The van der Waals surface area contributed by atoms with E-state index in [0.717, 1.165) is 0 Å². The van der Waals surface area contributed by atoms with E-state index in [-0.39, 0.29) is 17.9 Å². The van der Waals surface area contributed by atoms with Gasteiger partial charge in [0.15, 0.2) is 6.61 Å². The lowest BCUT2D eigenvalue weighted by Crippen LogP contribution is -2.35. The SMILES string of the molecule is O=C(COc1cccc(/C=C2/C(=O)NN(c3ccccc3)C2=O)c1)Nc1ccccc1F. The number of amides is 3. The molecule has 7 nitrogen and oxygen atoms in total. The Morgan fingerprint density at radius 1 is 1.00 bits per heavy atom. The van der Waals surface area contributed by atoms with Gasteiger partial charge in [0.2, 0.25) is 0 Å². The van der Waals surface area contributed by atoms with Gasteiger partial charge in [-0.3, -0.25) is 19.8 Å². The molecule has 0 bridgehead atoms. The maximum atomic E-state index is 13.6. The molecule has 3 aromatic rings. The lowest BCUT2D eigenvalue weighted by molar-refractivity contribution is -0.118. The van der Waals surface area contributed by atoms with E-state index in [2.05, 4.69) is 10.7 Å². The Morgan fingerprint density at radius 2 is 1.75 bits per heavy atom. The van der Waals surface area contributed by atoms with E-state index in [9.17, 15) is 18.8 Å². The van der Waals surface area contributed by atoms with Crippen LogP contribution in [0.15, 0.2) is 84.4 Å². The largest absolute Gasteiger partial charge is 0.484 e. The summed E-state index contributed by atoms with van der Waals surface area (Å²) in [5.41, 5.74) is 3.67. The first-order chi connectivity index (χ1) is 15.5. The lowest BCUT2D eigenvalue weighted by Gasteiger charge is -2.13. The maximum Gasteiger partial charge on any atom is 0.282 e. The van der Waals surface area contributed by atoms with Gasteiger partial charge in [0.25, 0.3) is 17.7 Å². The zero-order valence-electron chi connectivity index (χ0n) is 16.7. The second-order valence-corrected chi connectivity index (χ2v) is 6.86. The minimum atomic E-state index is -0.543. The van der Waals surface area contributed by atoms with Gasteiger partial charge in [-0.15, -0.1) is 0 Å². The fraction of sp³-hybridized carbons (Fsp3) is 0.0417. The molecule has 8 heteroatoms. The zero-order valence-corrected chi connectivity index (χ0v) is 16.7. The predicted molar refractivity (Wildman–Crippen MR) is 117 cm³/mol. The highest BCUT2D eigenvalue weighted by Crippen LogP contribution is 2.22. The van der Waals surface area contributed by atoms with Crippen LogP contribution in [0, 0.1) is 5.82 Å². The number of halogens is 1. The number of benzene rings is 3. The Labute approximate surface area is 183 Å². The average Bonchev–Trinajstić information content (AvgIpc) is 3.08. The van der Waals surface area contributed by atoms with Crippen molar-refractivity contribution in [2.45, 2.75) is 0 Å². The van der Waals surface area contributed by atoms with Crippen molar-refractivity contribution in [1.82, 2.24) is 5.43 Å². The summed E-state index contributed by atoms with van der Waals surface area (Å²) in [4.78, 5) is 37.0. The zero-order chi connectivity index (χ0) is 22.5. The third-order valence-corrected chi connectivity index (χ3v) is 4.59. The second-order valence-electron chi connectivity index (χ2n) is 6.86. The van der Waals surface area contributed by atoms with Crippen molar-refractivity contribution in [3.8, 4) is 5.75 Å². The predicted octanol–water partition coefficient (Wildman–Crippen LogP) is 3.30. The first kappa shape index (κ1) is 20.8. The number of rotatable bonds is 6. The van der Waals surface area contributed by atoms with Gasteiger partial charge < -0.3 is 10.1 Å². The molecule has 0 radical (unpaired) electrons. The monoisotopic (exact) mass is 431 g/mol. The molecule has 3 aromatic carbocycles. The summed E-state index contributed by atoms with van der Waals surface area (Å²) in [6.07, 6.45) is 1.45. The Morgan fingerprint density at radius 3 is 2.53 bits per heavy atom. The molecule has 4 rings (SSSR count). The summed E-state index contributed by atoms with van der Waals surface area (Å²) in [5.74, 6) is -1.71. The molecular weight excluding hydrogens is 413 g/mol. The van der Waals surface area contributed by atoms with Gasteiger partial charge in [-0.25, -0.2) is 9.40 Å². The normalized spacial score (nSPS) is 14.4. The van der Waals surface area contributed by atoms with Crippen LogP contribution in [0.5, 0.6) is 5.75 Å². The topological polar surface area (TPSA) is 87.7 Å². The average molecular weight is 431 g/mol. The van der Waals surface area contributed by atoms with E-state index in [4.69, 9.17) is 4.74 Å². The standard InChI is InChI=1S/C24H18FN3O4/c25-20-11-4-5-12-21(20)26-22(29)15-32-18-10-6-7-16(13-18)14-19-23(30)27-28(24(19)31)17-8-2-1-3-9-17/h1-14H,15H2,(H,26,29)(H,27,30)/b19-14-. The van der Waals surface area contributed by atoms with Gasteiger partial charge in [0.1, 0.15) is 17.1 Å². The van der Waals surface area contributed by atoms with E-state index in [1.165, 1.54) is 29.3 Å². The van der Waals surface area contributed by atoms with Gasteiger partial charge in [-0.05, 0) is 48.0 Å². The number of hydrogen-bond acceptors (Lipinski definition) is 4. The number of hydrogen-bond donors (Lipinski definition) is 2. The molecule has 1 saturated heterocycles. The third kappa shape index (κ3) is 4.65. The summed E-state index contributed by atoms with van der Waals surface area (Å²) in [5, 5.41) is 3.61. The van der Waals surface area contributed by atoms with Crippen LogP contribution in [-0.2, 0) is 14.4 Å². The van der Waals surface area contributed by atoms with Crippen LogP contribution in [0.3, 0.4) is 0 Å². The van der Waals surface area contributed by atoms with E-state index >= 15 is 0 Å². The van der Waals surface area contributed by atoms with Gasteiger partial charge >= 0.3 is 0 Å². The Balaban J connectivity index is 1.43. The number of anilines is 2. The summed E-state index contributed by atoms with van der Waals surface area (Å²) >= 11 is 0. The first-order valence-corrected chi connectivity index (χ1v) is 9.71. The van der Waals surface area contributed by atoms with Crippen molar-refractivity contribution in [3.63, 3.8) is 0 Å². The molecule has 160 valence electrons. The van der Waals surface area contributed by atoms with E-state index < -0.39 is 23.5 Å². The number of hydrazine groups is 1. The minimum absolute atomic E-state index is 0.0247. The van der Waals surface area contributed by atoms with Crippen LogP contribution < -0.4 is 20.5 Å². The van der Waals surface area contributed by atoms with Crippen molar-refractivity contribution in [2.75, 3.05) is 16.9 Å².